The molecule has 3 amide bonds. The fourth-order valence-corrected chi connectivity index (χ4v) is 5.01. The number of nitrogens with one attached hydrogen (secondary N) is 2. The topological polar surface area (TPSA) is 87.7 Å². The van der Waals surface area contributed by atoms with Crippen molar-refractivity contribution in [2.45, 2.75) is 118 Å². The van der Waals surface area contributed by atoms with Crippen LogP contribution in [0.1, 0.15) is 109 Å². The van der Waals surface area contributed by atoms with E-state index in [2.05, 4.69) is 30.5 Å². The van der Waals surface area contributed by atoms with Crippen LogP contribution in [0.2, 0.25) is 0 Å². The average Bonchev–Trinajstić information content (AvgIpc) is 2.84. The van der Waals surface area contributed by atoms with Crippen LogP contribution in [0.5, 0.6) is 0 Å². The molecular formula is C31H53N3O4S. The van der Waals surface area contributed by atoms with Gasteiger partial charge in [0, 0.05) is 13.1 Å². The van der Waals surface area contributed by atoms with Gasteiger partial charge in [-0.3, -0.25) is 9.59 Å². The fourth-order valence-electron chi connectivity index (χ4n) is 4.54. The van der Waals surface area contributed by atoms with Gasteiger partial charge in [-0.05, 0) is 71.5 Å². The Morgan fingerprint density at radius 1 is 0.949 bits per heavy atom. The van der Waals surface area contributed by atoms with E-state index in [1.807, 2.05) is 32.2 Å². The Kier molecular flexibility index (Phi) is 16.2. The molecule has 0 aliphatic rings. The quantitative estimate of drug-likeness (QED) is 0.206. The summed E-state index contributed by atoms with van der Waals surface area (Å²) in [5, 5.41) is 5.92. The Morgan fingerprint density at radius 3 is 2.13 bits per heavy atom. The van der Waals surface area contributed by atoms with E-state index in [4.69, 9.17) is 4.74 Å². The number of benzene rings is 1. The first-order chi connectivity index (χ1) is 18.4. The number of thioether (sulfide) groups is 1. The summed E-state index contributed by atoms with van der Waals surface area (Å²) in [5.41, 5.74) is 2.19. The first-order valence-electron chi connectivity index (χ1n) is 14.6. The third-order valence-electron chi connectivity index (χ3n) is 6.33. The van der Waals surface area contributed by atoms with Gasteiger partial charge in [0.2, 0.25) is 11.8 Å². The summed E-state index contributed by atoms with van der Waals surface area (Å²) in [6.45, 7) is 14.7. The molecule has 39 heavy (non-hydrogen) atoms. The molecule has 1 aromatic rings. The molecular weight excluding hydrogens is 510 g/mol. The summed E-state index contributed by atoms with van der Waals surface area (Å²) >= 11 is 1.61. The van der Waals surface area contributed by atoms with Gasteiger partial charge in [-0.2, -0.15) is 11.8 Å². The number of nitrogens with zero attached hydrogens (tertiary/aromatic N) is 1. The van der Waals surface area contributed by atoms with E-state index in [0.29, 0.717) is 25.3 Å². The molecule has 222 valence electrons. The highest BCUT2D eigenvalue weighted by Crippen LogP contribution is 2.26. The molecule has 1 aromatic carbocycles. The average molecular weight is 564 g/mol. The Labute approximate surface area is 241 Å². The largest absolute Gasteiger partial charge is 0.444 e. The number of hydrogen-bond donors (Lipinski definition) is 2. The molecule has 0 bridgehead atoms. The molecule has 0 aromatic heterocycles. The lowest BCUT2D eigenvalue weighted by molar-refractivity contribution is -0.142. The standard InChI is InChI=1S/C31H53N3O4S/c1-9-11-13-15-18-34(29(36)26(16-19-39-8)33-30(37)38-31(5,6)7)27(28(35)32-17-14-12-10-2)25-21-23(3)20-24(4)22-25/h20-22,26-27H,9-19H2,1-8H3,(H,32,35)(H,33,37). The van der Waals surface area contributed by atoms with Gasteiger partial charge in [0.15, 0.2) is 0 Å². The summed E-state index contributed by atoms with van der Waals surface area (Å²) in [7, 11) is 0. The van der Waals surface area contributed by atoms with Crippen LogP contribution < -0.4 is 10.6 Å². The summed E-state index contributed by atoms with van der Waals surface area (Å²) in [6, 6.07) is 4.48. The van der Waals surface area contributed by atoms with Crippen molar-refractivity contribution >= 4 is 29.7 Å². The Hall–Kier alpha value is -2.22. The number of unbranched alkanes of at least 4 members (excludes halogenated alkanes) is 5. The second kappa shape index (κ2) is 18.2. The lowest BCUT2D eigenvalue weighted by Gasteiger charge is -2.35. The van der Waals surface area contributed by atoms with Crippen LogP contribution >= 0.6 is 11.8 Å². The van der Waals surface area contributed by atoms with Crippen molar-refractivity contribution in [2.24, 2.45) is 0 Å². The van der Waals surface area contributed by atoms with Crippen molar-refractivity contribution in [2.75, 3.05) is 25.1 Å². The highest BCUT2D eigenvalue weighted by Gasteiger charge is 2.36. The second-order valence-corrected chi connectivity index (χ2v) is 12.4. The molecule has 0 aliphatic carbocycles. The molecule has 0 fully saturated rings. The molecule has 7 nitrogen and oxygen atoms in total. The molecule has 0 heterocycles. The molecule has 2 N–H and O–H groups in total. The van der Waals surface area contributed by atoms with E-state index in [-0.39, 0.29) is 11.8 Å². The minimum atomic E-state index is -0.792. The maximum atomic E-state index is 14.2. The molecule has 8 heteroatoms. The molecule has 0 saturated heterocycles. The fraction of sp³-hybridized carbons (Fsp3) is 0.710. The number of hydrogen-bond acceptors (Lipinski definition) is 5. The molecule has 0 spiro atoms. The lowest BCUT2D eigenvalue weighted by atomic mass is 9.97. The van der Waals surface area contributed by atoms with Crippen molar-refractivity contribution in [1.29, 1.82) is 0 Å². The first-order valence-corrected chi connectivity index (χ1v) is 16.0. The number of carbonyl (C=O) groups excluding carboxylic acids is 3. The maximum absolute atomic E-state index is 14.2. The minimum Gasteiger partial charge on any atom is -0.444 e. The summed E-state index contributed by atoms with van der Waals surface area (Å²) < 4.78 is 5.48. The van der Waals surface area contributed by atoms with Crippen LogP contribution in [-0.2, 0) is 14.3 Å². The monoisotopic (exact) mass is 563 g/mol. The number of aryl methyl sites for hydroxylation is 2. The Morgan fingerprint density at radius 2 is 1.56 bits per heavy atom. The van der Waals surface area contributed by atoms with Gasteiger partial charge < -0.3 is 20.3 Å². The van der Waals surface area contributed by atoms with Gasteiger partial charge in [-0.15, -0.1) is 0 Å². The first kappa shape index (κ1) is 34.8. The highest BCUT2D eigenvalue weighted by molar-refractivity contribution is 7.98. The third-order valence-corrected chi connectivity index (χ3v) is 6.98. The molecule has 2 atom stereocenters. The highest BCUT2D eigenvalue weighted by atomic mass is 32.2. The summed E-state index contributed by atoms with van der Waals surface area (Å²) in [4.78, 5) is 42.5. The van der Waals surface area contributed by atoms with Gasteiger partial charge >= 0.3 is 6.09 Å². The number of rotatable bonds is 17. The Balaban J connectivity index is 3.47. The van der Waals surface area contributed by atoms with Gasteiger partial charge in [-0.25, -0.2) is 4.79 Å². The Bertz CT molecular complexity index is 880. The van der Waals surface area contributed by atoms with Gasteiger partial charge in [-0.1, -0.05) is 75.3 Å². The van der Waals surface area contributed by atoms with Crippen molar-refractivity contribution in [3.63, 3.8) is 0 Å². The smallest absolute Gasteiger partial charge is 0.408 e. The van der Waals surface area contributed by atoms with E-state index in [9.17, 15) is 14.4 Å². The predicted octanol–water partition coefficient (Wildman–Crippen LogP) is 6.71. The van der Waals surface area contributed by atoms with Crippen LogP contribution in [0.25, 0.3) is 0 Å². The van der Waals surface area contributed by atoms with E-state index in [1.165, 1.54) is 0 Å². The minimum absolute atomic E-state index is 0.180. The normalized spacial score (nSPS) is 12.9. The van der Waals surface area contributed by atoms with Crippen LogP contribution in [0.4, 0.5) is 4.79 Å². The zero-order valence-corrected chi connectivity index (χ0v) is 26.5. The SMILES string of the molecule is CCCCCCN(C(=O)C(CCSC)NC(=O)OC(C)(C)C)C(C(=O)NCCCCC)c1cc(C)cc(C)c1. The third kappa shape index (κ3) is 13.6. The van der Waals surface area contributed by atoms with Gasteiger partial charge in [0.1, 0.15) is 17.7 Å². The lowest BCUT2D eigenvalue weighted by Crippen LogP contribution is -2.53. The van der Waals surface area contributed by atoms with Crippen LogP contribution in [0.15, 0.2) is 18.2 Å². The van der Waals surface area contributed by atoms with Crippen LogP contribution in [0.3, 0.4) is 0 Å². The van der Waals surface area contributed by atoms with E-state index >= 15 is 0 Å². The molecule has 0 saturated carbocycles. The number of carbonyl (C=O) groups is 3. The molecule has 0 radical (unpaired) electrons. The van der Waals surface area contributed by atoms with E-state index in [0.717, 1.165) is 61.6 Å². The second-order valence-electron chi connectivity index (χ2n) is 11.4. The maximum Gasteiger partial charge on any atom is 0.408 e. The number of ether oxygens (including phenoxy) is 1. The molecule has 1 rings (SSSR count). The van der Waals surface area contributed by atoms with Crippen LogP contribution in [0, 0.1) is 13.8 Å². The predicted molar refractivity (Wildman–Crippen MR) is 163 cm³/mol. The number of amides is 3. The van der Waals surface area contributed by atoms with Crippen LogP contribution in [-0.4, -0.2) is 59.5 Å². The molecule has 0 aliphatic heterocycles. The summed E-state index contributed by atoms with van der Waals surface area (Å²) in [5.74, 6) is 0.257. The zero-order valence-electron chi connectivity index (χ0n) is 25.7. The van der Waals surface area contributed by atoms with Gasteiger partial charge in [0.05, 0.1) is 0 Å². The van der Waals surface area contributed by atoms with E-state index in [1.54, 1.807) is 37.4 Å². The van der Waals surface area contributed by atoms with Crippen molar-refractivity contribution in [3.05, 3.63) is 34.9 Å². The van der Waals surface area contributed by atoms with Crippen molar-refractivity contribution in [3.8, 4) is 0 Å². The zero-order chi connectivity index (χ0) is 29.4. The summed E-state index contributed by atoms with van der Waals surface area (Å²) in [6.07, 6.45) is 8.66. The van der Waals surface area contributed by atoms with E-state index < -0.39 is 23.8 Å². The number of alkyl carbamates (subject to hydrolysis) is 1. The van der Waals surface area contributed by atoms with Crippen molar-refractivity contribution in [1.82, 2.24) is 15.5 Å². The molecule has 2 unspecified atom stereocenters. The van der Waals surface area contributed by atoms with Gasteiger partial charge in [0.25, 0.3) is 0 Å². The van der Waals surface area contributed by atoms with Crippen molar-refractivity contribution < 1.29 is 19.1 Å².